The van der Waals surface area contributed by atoms with E-state index in [0.29, 0.717) is 24.5 Å². The van der Waals surface area contributed by atoms with Crippen molar-refractivity contribution < 1.29 is 22.9 Å². The van der Waals surface area contributed by atoms with Crippen LogP contribution in [0.3, 0.4) is 0 Å². The fourth-order valence-electron chi connectivity index (χ4n) is 3.26. The Labute approximate surface area is 196 Å². The molecule has 0 saturated carbocycles. The molecule has 2 aromatic rings. The number of carbonyl (C=O) groups is 2. The fraction of sp³-hybridized carbons (Fsp3) is 0.318. The van der Waals surface area contributed by atoms with Crippen molar-refractivity contribution >= 4 is 39.0 Å². The number of carbonyl (C=O) groups excluding carboxylic acids is 2. The summed E-state index contributed by atoms with van der Waals surface area (Å²) in [4.78, 5) is 38.8. The van der Waals surface area contributed by atoms with Crippen molar-refractivity contribution in [3.63, 3.8) is 0 Å². The largest absolute Gasteiger partial charge is 0.352 e. The second-order valence-corrected chi connectivity index (χ2v) is 9.31. The smallest absolute Gasteiger partial charge is 0.269 e. The number of non-ortho nitro benzene ring substituents is 1. The standard InChI is InChI=1S/C22H25N5O6S/c28-21(12-14-24-22(29)16-8-10-18(11-9-16)27(30)31)25-17-5-4-6-19(15-17)34(32,33)26-20-7-2-1-3-13-23-20/h4-6,8-11,15H,1-3,7,12-14H2,(H,23,26)(H,24,29)(H,25,28). The first kappa shape index (κ1) is 24.8. The topological polar surface area (TPSA) is 160 Å². The van der Waals surface area contributed by atoms with Gasteiger partial charge in [-0.15, -0.1) is 0 Å². The summed E-state index contributed by atoms with van der Waals surface area (Å²) in [6, 6.07) is 11.0. The van der Waals surface area contributed by atoms with Crippen LogP contribution in [-0.4, -0.2) is 44.1 Å². The highest BCUT2D eigenvalue weighted by Gasteiger charge is 2.18. The lowest BCUT2D eigenvalue weighted by Crippen LogP contribution is -2.30. The molecule has 0 bridgehead atoms. The number of hydrogen-bond acceptors (Lipinski definition) is 7. The van der Waals surface area contributed by atoms with Crippen LogP contribution >= 0.6 is 0 Å². The van der Waals surface area contributed by atoms with Crippen LogP contribution in [0.25, 0.3) is 0 Å². The van der Waals surface area contributed by atoms with Crippen LogP contribution in [0.15, 0.2) is 58.4 Å². The van der Waals surface area contributed by atoms with E-state index in [-0.39, 0.29) is 29.1 Å². The van der Waals surface area contributed by atoms with Crippen LogP contribution in [0.2, 0.25) is 0 Å². The minimum atomic E-state index is -3.83. The van der Waals surface area contributed by atoms with Crippen molar-refractivity contribution in [2.75, 3.05) is 18.4 Å². The second-order valence-electron chi connectivity index (χ2n) is 7.63. The Bertz CT molecular complexity index is 1190. The quantitative estimate of drug-likeness (QED) is 0.383. The molecule has 0 saturated heterocycles. The average molecular weight is 488 g/mol. The zero-order chi connectivity index (χ0) is 24.6. The molecule has 0 unspecified atom stereocenters. The van der Waals surface area contributed by atoms with Gasteiger partial charge in [-0.05, 0) is 43.2 Å². The van der Waals surface area contributed by atoms with Gasteiger partial charge in [-0.3, -0.25) is 29.4 Å². The zero-order valence-electron chi connectivity index (χ0n) is 18.3. The Balaban J connectivity index is 1.52. The van der Waals surface area contributed by atoms with Crippen LogP contribution < -0.4 is 15.4 Å². The minimum Gasteiger partial charge on any atom is -0.352 e. The Morgan fingerprint density at radius 3 is 2.56 bits per heavy atom. The highest BCUT2D eigenvalue weighted by Crippen LogP contribution is 2.17. The summed E-state index contributed by atoms with van der Waals surface area (Å²) < 4.78 is 27.9. The molecule has 0 radical (unpaired) electrons. The maximum atomic E-state index is 12.7. The van der Waals surface area contributed by atoms with Crippen molar-refractivity contribution in [3.05, 3.63) is 64.2 Å². The van der Waals surface area contributed by atoms with Crippen LogP contribution in [0.5, 0.6) is 0 Å². The molecule has 3 N–H and O–H groups in total. The van der Waals surface area contributed by atoms with E-state index in [1.54, 1.807) is 6.07 Å². The number of amidine groups is 1. The molecule has 11 nitrogen and oxygen atoms in total. The van der Waals surface area contributed by atoms with E-state index in [1.165, 1.54) is 42.5 Å². The number of amides is 2. The molecule has 0 atom stereocenters. The van der Waals surface area contributed by atoms with E-state index < -0.39 is 26.8 Å². The highest BCUT2D eigenvalue weighted by molar-refractivity contribution is 7.90. The van der Waals surface area contributed by atoms with Gasteiger partial charge in [0.15, 0.2) is 0 Å². The third-order valence-corrected chi connectivity index (χ3v) is 6.41. The molecule has 1 aliphatic rings. The maximum absolute atomic E-state index is 12.7. The van der Waals surface area contributed by atoms with E-state index in [0.717, 1.165) is 19.3 Å². The van der Waals surface area contributed by atoms with Crippen LogP contribution in [0, 0.1) is 10.1 Å². The number of nitro benzene ring substituents is 1. The number of hydrogen-bond donors (Lipinski definition) is 3. The van der Waals surface area contributed by atoms with Gasteiger partial charge in [0, 0.05) is 49.3 Å². The van der Waals surface area contributed by atoms with E-state index in [1.807, 2.05) is 0 Å². The number of benzene rings is 2. The number of nitrogens with one attached hydrogen (secondary N) is 3. The van der Waals surface area contributed by atoms with Gasteiger partial charge < -0.3 is 10.6 Å². The highest BCUT2D eigenvalue weighted by atomic mass is 32.2. The van der Waals surface area contributed by atoms with Gasteiger partial charge in [0.25, 0.3) is 21.6 Å². The van der Waals surface area contributed by atoms with Gasteiger partial charge in [-0.1, -0.05) is 12.5 Å². The first-order valence-electron chi connectivity index (χ1n) is 10.7. The third-order valence-electron chi connectivity index (χ3n) is 5.03. The van der Waals surface area contributed by atoms with Crippen LogP contribution in [-0.2, 0) is 14.8 Å². The van der Waals surface area contributed by atoms with Crippen LogP contribution in [0.4, 0.5) is 11.4 Å². The summed E-state index contributed by atoms with van der Waals surface area (Å²) in [5.41, 5.74) is 0.407. The Morgan fingerprint density at radius 2 is 1.82 bits per heavy atom. The number of aliphatic imine (C=N–C) groups is 1. The van der Waals surface area contributed by atoms with Crippen molar-refractivity contribution in [3.8, 4) is 0 Å². The number of rotatable bonds is 8. The summed E-state index contributed by atoms with van der Waals surface area (Å²) in [6.45, 7) is 0.621. The molecule has 1 heterocycles. The lowest BCUT2D eigenvalue weighted by atomic mass is 10.2. The monoisotopic (exact) mass is 487 g/mol. The zero-order valence-corrected chi connectivity index (χ0v) is 19.1. The molecule has 0 aliphatic carbocycles. The fourth-order valence-corrected chi connectivity index (χ4v) is 4.40. The minimum absolute atomic E-state index is 0.00345. The number of nitrogens with zero attached hydrogens (tertiary/aromatic N) is 2. The van der Waals surface area contributed by atoms with Gasteiger partial charge in [0.05, 0.1) is 9.82 Å². The van der Waals surface area contributed by atoms with E-state index >= 15 is 0 Å². The van der Waals surface area contributed by atoms with Gasteiger partial charge in [-0.25, -0.2) is 8.42 Å². The Hall–Kier alpha value is -3.80. The molecule has 180 valence electrons. The second kappa shape index (κ2) is 11.4. The molecule has 2 aromatic carbocycles. The normalized spacial score (nSPS) is 13.8. The molecule has 0 aromatic heterocycles. The van der Waals surface area contributed by atoms with Crippen molar-refractivity contribution in [1.29, 1.82) is 0 Å². The SMILES string of the molecule is O=C(CCNC(=O)c1ccc([N+](=O)[O-])cc1)Nc1cccc(S(=O)(=O)NC2=NCCCCC2)c1. The first-order valence-corrected chi connectivity index (χ1v) is 12.2. The van der Waals surface area contributed by atoms with Gasteiger partial charge in [0.2, 0.25) is 5.91 Å². The Morgan fingerprint density at radius 1 is 1.06 bits per heavy atom. The molecule has 1 aliphatic heterocycles. The van der Waals surface area contributed by atoms with Crippen molar-refractivity contribution in [1.82, 2.24) is 10.0 Å². The predicted octanol–water partition coefficient (Wildman–Crippen LogP) is 2.60. The van der Waals surface area contributed by atoms with E-state index in [9.17, 15) is 28.1 Å². The Kier molecular flexibility index (Phi) is 8.30. The molecule has 2 amide bonds. The van der Waals surface area contributed by atoms with E-state index in [4.69, 9.17) is 0 Å². The summed E-state index contributed by atoms with van der Waals surface area (Å²) in [5, 5.41) is 15.9. The third kappa shape index (κ3) is 7.10. The summed E-state index contributed by atoms with van der Waals surface area (Å²) >= 11 is 0. The van der Waals surface area contributed by atoms with Gasteiger partial charge >= 0.3 is 0 Å². The number of anilines is 1. The molecule has 0 fully saturated rings. The first-order chi connectivity index (χ1) is 16.2. The van der Waals surface area contributed by atoms with Crippen molar-refractivity contribution in [2.45, 2.75) is 37.0 Å². The van der Waals surface area contributed by atoms with Gasteiger partial charge in [0.1, 0.15) is 5.84 Å². The lowest BCUT2D eigenvalue weighted by Gasteiger charge is -2.11. The summed E-state index contributed by atoms with van der Waals surface area (Å²) in [7, 11) is -3.83. The maximum Gasteiger partial charge on any atom is 0.269 e. The van der Waals surface area contributed by atoms with Crippen LogP contribution in [0.1, 0.15) is 42.5 Å². The lowest BCUT2D eigenvalue weighted by molar-refractivity contribution is -0.384. The molecule has 0 spiro atoms. The molecule has 3 rings (SSSR count). The molecule has 34 heavy (non-hydrogen) atoms. The average Bonchev–Trinajstić information content (AvgIpc) is 3.07. The molecule has 12 heteroatoms. The van der Waals surface area contributed by atoms with E-state index in [2.05, 4.69) is 20.3 Å². The molecular weight excluding hydrogens is 462 g/mol. The van der Waals surface area contributed by atoms with Crippen molar-refractivity contribution in [2.24, 2.45) is 4.99 Å². The molecular formula is C22H25N5O6S. The summed E-state index contributed by atoms with van der Waals surface area (Å²) in [5.74, 6) is -0.446. The number of nitro groups is 1. The summed E-state index contributed by atoms with van der Waals surface area (Å²) in [6.07, 6.45) is 3.33. The predicted molar refractivity (Wildman–Crippen MR) is 126 cm³/mol. The van der Waals surface area contributed by atoms with Gasteiger partial charge in [-0.2, -0.15) is 0 Å². The number of sulfonamides is 1.